The number of fused-ring (bicyclic) bond motifs is 1. The van der Waals surface area contributed by atoms with E-state index in [9.17, 15) is 4.79 Å². The summed E-state index contributed by atoms with van der Waals surface area (Å²) in [7, 11) is 3.34. The Bertz CT molecular complexity index is 1040. The van der Waals surface area contributed by atoms with Crippen molar-refractivity contribution in [3.05, 3.63) is 64.7 Å². The summed E-state index contributed by atoms with van der Waals surface area (Å²) in [4.78, 5) is 20.2. The largest absolute Gasteiger partial charge is 0.493 e. The summed E-state index contributed by atoms with van der Waals surface area (Å²) in [5.74, 6) is 1.52. The van der Waals surface area contributed by atoms with Crippen LogP contribution in [-0.2, 0) is 24.3 Å². The third-order valence-electron chi connectivity index (χ3n) is 5.39. The molecule has 2 heterocycles. The first kappa shape index (κ1) is 20.4. The van der Waals surface area contributed by atoms with Crippen LogP contribution in [0.1, 0.15) is 23.7 Å². The zero-order valence-electron chi connectivity index (χ0n) is 17.5. The van der Waals surface area contributed by atoms with Crippen LogP contribution in [0.5, 0.6) is 11.5 Å². The molecule has 1 aliphatic rings. The van der Waals surface area contributed by atoms with Gasteiger partial charge < -0.3 is 14.4 Å². The first-order valence-electron chi connectivity index (χ1n) is 9.96. The number of amides is 1. The topological polar surface area (TPSA) is 56.1 Å². The summed E-state index contributed by atoms with van der Waals surface area (Å²) in [6.45, 7) is 4.34. The third-order valence-corrected chi connectivity index (χ3v) is 6.26. The van der Waals surface area contributed by atoms with Crippen LogP contribution in [0.25, 0.3) is 0 Å². The summed E-state index contributed by atoms with van der Waals surface area (Å²) in [5, 5.41) is 2.78. The first-order chi connectivity index (χ1) is 14.6. The van der Waals surface area contributed by atoms with E-state index in [4.69, 9.17) is 14.5 Å². The normalized spacial score (nSPS) is 15.4. The van der Waals surface area contributed by atoms with Crippen molar-refractivity contribution in [2.75, 3.05) is 25.7 Å². The number of anilines is 2. The quantitative estimate of drug-likeness (QED) is 0.661. The monoisotopic (exact) mass is 424 g/mol. The Morgan fingerprint density at radius 1 is 1.13 bits per heavy atom. The Morgan fingerprint density at radius 3 is 2.50 bits per heavy atom. The number of hydrogen-bond donors (Lipinski definition) is 1. The molecule has 3 aromatic rings. The molecule has 0 saturated carbocycles. The maximum Gasteiger partial charge on any atom is 0.230 e. The fourth-order valence-electron chi connectivity index (χ4n) is 3.92. The predicted molar refractivity (Wildman–Crippen MR) is 118 cm³/mol. The van der Waals surface area contributed by atoms with Gasteiger partial charge in [-0.05, 0) is 29.8 Å². The average Bonchev–Trinajstić information content (AvgIpc) is 3.21. The van der Waals surface area contributed by atoms with Crippen molar-refractivity contribution < 1.29 is 19.2 Å². The van der Waals surface area contributed by atoms with Crippen molar-refractivity contribution in [2.24, 2.45) is 0 Å². The number of nitrogens with one attached hydrogen (secondary N) is 1. The van der Waals surface area contributed by atoms with Gasteiger partial charge in [-0.1, -0.05) is 18.2 Å². The summed E-state index contributed by atoms with van der Waals surface area (Å²) in [5.41, 5.74) is 4.46. The molecule has 0 fully saturated rings. The lowest BCUT2D eigenvalue weighted by molar-refractivity contribution is -0.929. The number of rotatable bonds is 6. The highest BCUT2D eigenvalue weighted by atomic mass is 32.1. The molecule has 156 valence electrons. The number of ether oxygens (including phenoxy) is 2. The van der Waals surface area contributed by atoms with Crippen LogP contribution in [0.4, 0.5) is 10.8 Å². The number of thiazole rings is 1. The minimum Gasteiger partial charge on any atom is -0.493 e. The number of benzene rings is 2. The Balaban J connectivity index is 1.50. The molecule has 0 bridgehead atoms. The molecule has 0 radical (unpaired) electrons. The van der Waals surface area contributed by atoms with Crippen LogP contribution in [0.3, 0.4) is 0 Å². The van der Waals surface area contributed by atoms with E-state index in [1.165, 1.54) is 27.4 Å². The molecule has 1 atom stereocenters. The molecule has 1 amide bonds. The number of quaternary nitrogens is 1. The maximum atomic E-state index is 12.3. The highest BCUT2D eigenvalue weighted by molar-refractivity contribution is 7.14. The van der Waals surface area contributed by atoms with Crippen molar-refractivity contribution in [1.29, 1.82) is 0 Å². The second-order valence-corrected chi connectivity index (χ2v) is 8.23. The van der Waals surface area contributed by atoms with Crippen molar-refractivity contribution >= 4 is 28.1 Å². The van der Waals surface area contributed by atoms with Crippen LogP contribution in [0, 0.1) is 0 Å². The minimum atomic E-state index is -0.0395. The average molecular weight is 425 g/mol. The number of para-hydroxylation sites is 1. The van der Waals surface area contributed by atoms with Gasteiger partial charge in [0.2, 0.25) is 5.91 Å². The molecule has 2 aromatic carbocycles. The van der Waals surface area contributed by atoms with Gasteiger partial charge in [0.05, 0.1) is 26.5 Å². The standard InChI is InChI=1S/C23H25N3O3S/c1-16(27)26(20-7-5-4-6-8-20)23-24-19(15-30-23)14-25-10-9-17-11-21(28-2)22(29-3)12-18(17)13-25/h4-8,11-12,15H,9-10,13-14H2,1-3H3/p+1. The summed E-state index contributed by atoms with van der Waals surface area (Å²) in [6.07, 6.45) is 0.992. The second kappa shape index (κ2) is 8.85. The van der Waals surface area contributed by atoms with Gasteiger partial charge in [-0.25, -0.2) is 4.98 Å². The number of carbonyl (C=O) groups excluding carboxylic acids is 1. The van der Waals surface area contributed by atoms with Gasteiger partial charge in [-0.15, -0.1) is 11.3 Å². The number of carbonyl (C=O) groups is 1. The molecule has 6 nitrogen and oxygen atoms in total. The van der Waals surface area contributed by atoms with Crippen LogP contribution < -0.4 is 19.3 Å². The van der Waals surface area contributed by atoms with E-state index in [2.05, 4.69) is 17.5 Å². The molecule has 1 unspecified atom stereocenters. The molecule has 0 aliphatic carbocycles. The molecule has 0 saturated heterocycles. The SMILES string of the molecule is COc1cc2c(cc1OC)C[NH+](Cc1csc(N(C(C)=O)c3ccccc3)n1)CC2. The molecule has 30 heavy (non-hydrogen) atoms. The van der Waals surface area contributed by atoms with Crippen molar-refractivity contribution in [2.45, 2.75) is 26.4 Å². The van der Waals surface area contributed by atoms with Gasteiger partial charge in [0.25, 0.3) is 0 Å². The molecule has 7 heteroatoms. The zero-order chi connectivity index (χ0) is 21.1. The van der Waals surface area contributed by atoms with E-state index in [0.29, 0.717) is 5.13 Å². The van der Waals surface area contributed by atoms with Crippen LogP contribution >= 0.6 is 11.3 Å². The van der Waals surface area contributed by atoms with Gasteiger partial charge >= 0.3 is 0 Å². The Morgan fingerprint density at radius 2 is 1.83 bits per heavy atom. The molecule has 1 aliphatic heterocycles. The second-order valence-electron chi connectivity index (χ2n) is 7.39. The Hall–Kier alpha value is -2.90. The molecule has 0 spiro atoms. The van der Waals surface area contributed by atoms with Gasteiger partial charge in [0.1, 0.15) is 18.8 Å². The van der Waals surface area contributed by atoms with Crippen molar-refractivity contribution in [1.82, 2.24) is 4.98 Å². The van der Waals surface area contributed by atoms with Gasteiger partial charge in [0.15, 0.2) is 16.6 Å². The molecular formula is C23H26N3O3S+. The summed E-state index contributed by atoms with van der Waals surface area (Å²) < 4.78 is 10.9. The van der Waals surface area contributed by atoms with E-state index < -0.39 is 0 Å². The van der Waals surface area contributed by atoms with Crippen molar-refractivity contribution in [3.8, 4) is 11.5 Å². The fraction of sp³-hybridized carbons (Fsp3) is 0.304. The minimum absolute atomic E-state index is 0.0395. The van der Waals surface area contributed by atoms with E-state index in [1.54, 1.807) is 26.0 Å². The maximum absolute atomic E-state index is 12.3. The first-order valence-corrected chi connectivity index (χ1v) is 10.8. The van der Waals surface area contributed by atoms with Gasteiger partial charge in [0, 0.05) is 24.3 Å². The van der Waals surface area contributed by atoms with E-state index in [0.717, 1.165) is 48.9 Å². The predicted octanol–water partition coefficient (Wildman–Crippen LogP) is 2.99. The lowest BCUT2D eigenvalue weighted by atomic mass is 9.98. The van der Waals surface area contributed by atoms with Crippen LogP contribution in [-0.4, -0.2) is 31.7 Å². The van der Waals surface area contributed by atoms with Crippen LogP contribution in [0.15, 0.2) is 47.8 Å². The number of aromatic nitrogens is 1. The Labute approximate surface area is 180 Å². The van der Waals surface area contributed by atoms with Crippen LogP contribution in [0.2, 0.25) is 0 Å². The Kier molecular flexibility index (Phi) is 6.01. The van der Waals surface area contributed by atoms with E-state index in [1.807, 2.05) is 30.3 Å². The number of hydrogen-bond acceptors (Lipinski definition) is 5. The molecular weight excluding hydrogens is 398 g/mol. The van der Waals surface area contributed by atoms with Crippen molar-refractivity contribution in [3.63, 3.8) is 0 Å². The van der Waals surface area contributed by atoms with Gasteiger partial charge in [-0.2, -0.15) is 0 Å². The number of nitrogens with zero attached hydrogens (tertiary/aromatic N) is 2. The highest BCUT2D eigenvalue weighted by Crippen LogP contribution is 2.32. The molecule has 1 aromatic heterocycles. The number of methoxy groups -OCH3 is 2. The molecule has 4 rings (SSSR count). The van der Waals surface area contributed by atoms with Gasteiger partial charge in [-0.3, -0.25) is 9.69 Å². The van der Waals surface area contributed by atoms with E-state index in [-0.39, 0.29) is 5.91 Å². The fourth-order valence-corrected chi connectivity index (χ4v) is 4.81. The molecule has 1 N–H and O–H groups in total. The lowest BCUT2D eigenvalue weighted by Crippen LogP contribution is -3.10. The summed E-state index contributed by atoms with van der Waals surface area (Å²) >= 11 is 1.51. The third kappa shape index (κ3) is 4.17. The smallest absolute Gasteiger partial charge is 0.230 e. The van der Waals surface area contributed by atoms with E-state index >= 15 is 0 Å². The summed E-state index contributed by atoms with van der Waals surface area (Å²) in [6, 6.07) is 13.8. The zero-order valence-corrected chi connectivity index (χ0v) is 18.3. The highest BCUT2D eigenvalue weighted by Gasteiger charge is 2.24. The lowest BCUT2D eigenvalue weighted by Gasteiger charge is -2.26.